The maximum Gasteiger partial charge on any atom is 0.220 e. The summed E-state index contributed by atoms with van der Waals surface area (Å²) < 4.78 is 10.7. The molecule has 1 amide bonds. The van der Waals surface area contributed by atoms with Gasteiger partial charge < -0.3 is 20.1 Å². The van der Waals surface area contributed by atoms with Crippen LogP contribution in [-0.2, 0) is 14.3 Å². The van der Waals surface area contributed by atoms with Crippen molar-refractivity contribution in [3.8, 4) is 0 Å². The molecule has 2 N–H and O–H groups in total. The van der Waals surface area contributed by atoms with Gasteiger partial charge in [0.2, 0.25) is 5.91 Å². The van der Waals surface area contributed by atoms with Gasteiger partial charge in [0.25, 0.3) is 0 Å². The molecular formula is C12H23ClN2O3. The Labute approximate surface area is 114 Å². The van der Waals surface area contributed by atoms with Gasteiger partial charge in [0.1, 0.15) is 0 Å². The molecule has 0 aliphatic carbocycles. The van der Waals surface area contributed by atoms with E-state index in [9.17, 15) is 4.79 Å². The molecule has 2 rings (SSSR count). The molecule has 2 saturated heterocycles. The van der Waals surface area contributed by atoms with E-state index < -0.39 is 0 Å². The summed E-state index contributed by atoms with van der Waals surface area (Å²) in [4.78, 5) is 11.6. The van der Waals surface area contributed by atoms with Crippen LogP contribution in [0.15, 0.2) is 0 Å². The minimum atomic E-state index is 0. The van der Waals surface area contributed by atoms with Crippen molar-refractivity contribution in [1.82, 2.24) is 10.6 Å². The highest BCUT2D eigenvalue weighted by Crippen LogP contribution is 2.10. The quantitative estimate of drug-likeness (QED) is 0.768. The molecule has 106 valence electrons. The summed E-state index contributed by atoms with van der Waals surface area (Å²) in [6, 6.07) is 0.537. The molecule has 0 spiro atoms. The van der Waals surface area contributed by atoms with Gasteiger partial charge in [-0.1, -0.05) is 0 Å². The molecule has 2 atom stereocenters. The minimum absolute atomic E-state index is 0. The number of hydrogen-bond acceptors (Lipinski definition) is 4. The fourth-order valence-electron chi connectivity index (χ4n) is 2.28. The summed E-state index contributed by atoms with van der Waals surface area (Å²) in [6.07, 6.45) is 4.00. The number of halogens is 1. The number of carbonyl (C=O) groups excluding carboxylic acids is 1. The van der Waals surface area contributed by atoms with E-state index in [0.717, 1.165) is 13.0 Å². The zero-order valence-corrected chi connectivity index (χ0v) is 11.5. The van der Waals surface area contributed by atoms with E-state index in [-0.39, 0.29) is 24.4 Å². The third-order valence-corrected chi connectivity index (χ3v) is 3.29. The predicted molar refractivity (Wildman–Crippen MR) is 71.1 cm³/mol. The molecule has 2 unspecified atom stereocenters. The maximum absolute atomic E-state index is 11.6. The molecule has 6 heteroatoms. The second-order valence-electron chi connectivity index (χ2n) is 4.70. The summed E-state index contributed by atoms with van der Waals surface area (Å²) in [5, 5.41) is 6.30. The lowest BCUT2D eigenvalue weighted by molar-refractivity contribution is -0.124. The van der Waals surface area contributed by atoms with Gasteiger partial charge in [-0.05, 0) is 25.8 Å². The van der Waals surface area contributed by atoms with Crippen LogP contribution in [0.1, 0.15) is 25.7 Å². The van der Waals surface area contributed by atoms with Crippen molar-refractivity contribution in [3.05, 3.63) is 0 Å². The lowest BCUT2D eigenvalue weighted by Gasteiger charge is -2.23. The van der Waals surface area contributed by atoms with Crippen molar-refractivity contribution in [1.29, 1.82) is 0 Å². The lowest BCUT2D eigenvalue weighted by atomic mass is 10.1. The first-order valence-electron chi connectivity index (χ1n) is 6.54. The van der Waals surface area contributed by atoms with Crippen molar-refractivity contribution < 1.29 is 14.3 Å². The Bertz CT molecular complexity index is 241. The lowest BCUT2D eigenvalue weighted by Crippen LogP contribution is -2.40. The average molecular weight is 279 g/mol. The van der Waals surface area contributed by atoms with Crippen molar-refractivity contribution in [2.75, 3.05) is 32.9 Å². The number of amides is 1. The summed E-state index contributed by atoms with van der Waals surface area (Å²) >= 11 is 0. The molecule has 0 saturated carbocycles. The summed E-state index contributed by atoms with van der Waals surface area (Å²) in [5.74, 6) is 0.118. The monoisotopic (exact) mass is 278 g/mol. The van der Waals surface area contributed by atoms with Gasteiger partial charge in [0.05, 0.1) is 25.9 Å². The predicted octanol–water partition coefficient (Wildman–Crippen LogP) is 0.472. The molecule has 0 aromatic carbocycles. The van der Waals surface area contributed by atoms with Crippen LogP contribution in [-0.4, -0.2) is 51.0 Å². The highest BCUT2D eigenvalue weighted by molar-refractivity contribution is 5.85. The Morgan fingerprint density at radius 3 is 2.94 bits per heavy atom. The number of carbonyl (C=O) groups is 1. The second-order valence-corrected chi connectivity index (χ2v) is 4.70. The first-order valence-corrected chi connectivity index (χ1v) is 6.54. The molecule has 18 heavy (non-hydrogen) atoms. The topological polar surface area (TPSA) is 59.6 Å². The van der Waals surface area contributed by atoms with Crippen LogP contribution in [0.3, 0.4) is 0 Å². The van der Waals surface area contributed by atoms with Gasteiger partial charge in [-0.3, -0.25) is 4.79 Å². The van der Waals surface area contributed by atoms with Crippen LogP contribution in [0.2, 0.25) is 0 Å². The second kappa shape index (κ2) is 8.69. The van der Waals surface area contributed by atoms with E-state index in [1.165, 1.54) is 12.8 Å². The van der Waals surface area contributed by atoms with Crippen molar-refractivity contribution in [2.45, 2.75) is 37.8 Å². The van der Waals surface area contributed by atoms with Crippen molar-refractivity contribution in [2.24, 2.45) is 0 Å². The molecule has 0 aromatic rings. The van der Waals surface area contributed by atoms with Gasteiger partial charge in [0, 0.05) is 19.0 Å². The van der Waals surface area contributed by atoms with Gasteiger partial charge >= 0.3 is 0 Å². The minimum Gasteiger partial charge on any atom is -0.376 e. The third-order valence-electron chi connectivity index (χ3n) is 3.29. The third kappa shape index (κ3) is 5.52. The van der Waals surface area contributed by atoms with Crippen LogP contribution in [0.5, 0.6) is 0 Å². The molecule has 2 fully saturated rings. The molecule has 2 heterocycles. The fourth-order valence-corrected chi connectivity index (χ4v) is 2.28. The summed E-state index contributed by atoms with van der Waals surface area (Å²) in [7, 11) is 0. The first-order chi connectivity index (χ1) is 8.34. The number of ether oxygens (including phenoxy) is 2. The molecular weight excluding hydrogens is 256 g/mol. The van der Waals surface area contributed by atoms with Crippen LogP contribution >= 0.6 is 12.4 Å². The normalized spacial score (nSPS) is 27.6. The van der Waals surface area contributed by atoms with Gasteiger partial charge in [0.15, 0.2) is 0 Å². The van der Waals surface area contributed by atoms with Gasteiger partial charge in [-0.15, -0.1) is 12.4 Å². The summed E-state index contributed by atoms with van der Waals surface area (Å²) in [6.45, 7) is 3.55. The fraction of sp³-hybridized carbons (Fsp3) is 0.917. The van der Waals surface area contributed by atoms with E-state index in [0.29, 0.717) is 38.8 Å². The van der Waals surface area contributed by atoms with Gasteiger partial charge in [-0.25, -0.2) is 0 Å². The number of hydrogen-bond donors (Lipinski definition) is 2. The molecule has 0 radical (unpaired) electrons. The van der Waals surface area contributed by atoms with E-state index >= 15 is 0 Å². The SMILES string of the molecule is Cl.O=C(CCC1CCCN1)NCC1COCCO1. The molecule has 2 aliphatic rings. The Kier molecular flexibility index (Phi) is 7.58. The Balaban J connectivity index is 0.00000162. The van der Waals surface area contributed by atoms with Crippen molar-refractivity contribution in [3.63, 3.8) is 0 Å². The molecule has 0 aromatic heterocycles. The van der Waals surface area contributed by atoms with Crippen molar-refractivity contribution >= 4 is 18.3 Å². The maximum atomic E-state index is 11.6. The first kappa shape index (κ1) is 15.7. The van der Waals surface area contributed by atoms with E-state index in [1.807, 2.05) is 0 Å². The zero-order chi connectivity index (χ0) is 11.9. The smallest absolute Gasteiger partial charge is 0.220 e. The van der Waals surface area contributed by atoms with Crippen LogP contribution in [0, 0.1) is 0 Å². The molecule has 0 bridgehead atoms. The highest BCUT2D eigenvalue weighted by atomic mass is 35.5. The van der Waals surface area contributed by atoms with Crippen LogP contribution in [0.4, 0.5) is 0 Å². The van der Waals surface area contributed by atoms with Crippen LogP contribution < -0.4 is 10.6 Å². The van der Waals surface area contributed by atoms with Crippen LogP contribution in [0.25, 0.3) is 0 Å². The Hall–Kier alpha value is -0.360. The zero-order valence-electron chi connectivity index (χ0n) is 10.7. The average Bonchev–Trinajstić information content (AvgIpc) is 2.88. The van der Waals surface area contributed by atoms with E-state index in [1.54, 1.807) is 0 Å². The number of nitrogens with one attached hydrogen (secondary N) is 2. The van der Waals surface area contributed by atoms with Gasteiger partial charge in [-0.2, -0.15) is 0 Å². The Morgan fingerprint density at radius 2 is 2.28 bits per heavy atom. The Morgan fingerprint density at radius 1 is 1.39 bits per heavy atom. The van der Waals surface area contributed by atoms with E-state index in [2.05, 4.69) is 10.6 Å². The summed E-state index contributed by atoms with van der Waals surface area (Å²) in [5.41, 5.74) is 0. The standard InChI is InChI=1S/C12H22N2O3.ClH/c15-12(4-3-10-2-1-5-13-10)14-8-11-9-16-6-7-17-11;/h10-11,13H,1-9H2,(H,14,15);1H. The van der Waals surface area contributed by atoms with E-state index in [4.69, 9.17) is 9.47 Å². The number of rotatable bonds is 5. The largest absolute Gasteiger partial charge is 0.376 e. The molecule has 5 nitrogen and oxygen atoms in total. The molecule has 2 aliphatic heterocycles. The highest BCUT2D eigenvalue weighted by Gasteiger charge is 2.17.